The average molecular weight is 784 g/mol. The highest BCUT2D eigenvalue weighted by Gasteiger charge is 2.30. The van der Waals surface area contributed by atoms with Gasteiger partial charge in [-0.05, 0) is 57.4 Å². The Morgan fingerprint density at radius 3 is 2.22 bits per heavy atom. The van der Waals surface area contributed by atoms with Gasteiger partial charge >= 0.3 is 8.60 Å². The summed E-state index contributed by atoms with van der Waals surface area (Å²) in [5.41, 5.74) is 8.06. The van der Waals surface area contributed by atoms with E-state index < -0.39 is 14.7 Å². The van der Waals surface area contributed by atoms with Crippen LogP contribution in [0.25, 0.3) is 5.52 Å². The van der Waals surface area contributed by atoms with Gasteiger partial charge in [0.05, 0.1) is 43.3 Å². The monoisotopic (exact) mass is 783 g/mol. The number of hydrogen-bond acceptors (Lipinski definition) is 11. The zero-order chi connectivity index (χ0) is 39.1. The van der Waals surface area contributed by atoms with Gasteiger partial charge < -0.3 is 38.6 Å². The molecule has 55 heavy (non-hydrogen) atoms. The van der Waals surface area contributed by atoms with Crippen molar-refractivity contribution in [2.75, 3.05) is 32.2 Å². The molecule has 4 rings (SSSR count). The van der Waals surface area contributed by atoms with Gasteiger partial charge in [0.2, 0.25) is 0 Å². The third-order valence-corrected chi connectivity index (χ3v) is 10.6. The Morgan fingerprint density at radius 2 is 1.56 bits per heavy atom. The number of anilines is 1. The summed E-state index contributed by atoms with van der Waals surface area (Å²) in [7, 11) is -2.19. The highest BCUT2D eigenvalue weighted by molar-refractivity contribution is 7.40. The van der Waals surface area contributed by atoms with E-state index >= 15 is 0 Å². The summed E-state index contributed by atoms with van der Waals surface area (Å²) >= 11 is 0. The molecule has 3 N–H and O–H groups in total. The van der Waals surface area contributed by atoms with Crippen molar-refractivity contribution in [2.24, 2.45) is 0 Å². The van der Waals surface area contributed by atoms with E-state index in [-0.39, 0.29) is 38.1 Å². The maximum absolute atomic E-state index is 10.7. The molecule has 306 valence electrons. The van der Waals surface area contributed by atoms with Gasteiger partial charge in [0.1, 0.15) is 41.6 Å². The smallest absolute Gasteiger partial charge is 0.330 e. The summed E-state index contributed by atoms with van der Waals surface area (Å²) in [6.45, 7) is 7.22. The summed E-state index contributed by atoms with van der Waals surface area (Å²) in [6.07, 6.45) is 23.1. The molecule has 3 aromatic rings. The van der Waals surface area contributed by atoms with E-state index in [0.29, 0.717) is 29.5 Å². The number of hydrogen-bond donors (Lipinski definition) is 2. The van der Waals surface area contributed by atoms with Crippen LogP contribution in [0.5, 0.6) is 11.5 Å². The summed E-state index contributed by atoms with van der Waals surface area (Å²) in [5, 5.41) is 13.9. The lowest BCUT2D eigenvalue weighted by Gasteiger charge is -2.22. The fourth-order valence-electron chi connectivity index (χ4n) is 6.89. The number of nitrogens with two attached hydrogens (primary N) is 1. The molecule has 0 saturated carbocycles. The Bertz CT molecular complexity index is 1540. The van der Waals surface area contributed by atoms with Crippen LogP contribution in [0.15, 0.2) is 36.7 Å². The molecular formula is C42H66N5O7P. The molecule has 4 unspecified atom stereocenters. The highest BCUT2D eigenvalue weighted by atomic mass is 31.2. The van der Waals surface area contributed by atoms with Crippen molar-refractivity contribution in [3.05, 3.63) is 47.9 Å². The number of nitrogens with zero attached hydrogens (tertiary/aromatic N) is 4. The summed E-state index contributed by atoms with van der Waals surface area (Å²) in [5.74, 6) is 1.39. The Morgan fingerprint density at radius 1 is 0.891 bits per heavy atom. The van der Waals surface area contributed by atoms with Gasteiger partial charge in [-0.1, -0.05) is 103 Å². The highest BCUT2D eigenvalue weighted by Crippen LogP contribution is 2.38. The Balaban J connectivity index is 1.14. The van der Waals surface area contributed by atoms with Crippen molar-refractivity contribution >= 4 is 19.9 Å². The molecule has 1 aliphatic rings. The molecule has 1 saturated heterocycles. The minimum Gasteiger partial charge on any atom is -0.489 e. The number of benzene rings is 1. The Hall–Kier alpha value is -3.04. The maximum atomic E-state index is 10.7. The standard InChI is InChI=1S/C42H66N5O7P/c1-4-5-6-7-8-9-10-11-12-13-14-15-16-17-18-19-26-49-29-37(53-35-21-20-34(28-43)41(27-35)52-33(2)3)31-51-55(48)50-30-36-22-25-40(54-36)38-23-24-39-42(44)45-32-46-47(38)39/h20-21,23-24,27,32-33,36-37,40,48H,4-19,22,25-26,29-31H2,1-3H3,(H2,44,45,46). The maximum Gasteiger partial charge on any atom is 0.330 e. The first-order valence-electron chi connectivity index (χ1n) is 20.8. The Labute approximate surface area is 330 Å². The van der Waals surface area contributed by atoms with Gasteiger partial charge in [-0.2, -0.15) is 10.4 Å². The molecule has 0 radical (unpaired) electrons. The molecule has 1 aromatic carbocycles. The summed E-state index contributed by atoms with van der Waals surface area (Å²) in [4.78, 5) is 14.7. The molecule has 3 heterocycles. The second-order valence-corrected chi connectivity index (χ2v) is 15.9. The zero-order valence-corrected chi connectivity index (χ0v) is 34.4. The van der Waals surface area contributed by atoms with Crippen LogP contribution in [0.4, 0.5) is 5.82 Å². The first kappa shape index (κ1) is 44.7. The number of nitriles is 1. The van der Waals surface area contributed by atoms with Crippen molar-refractivity contribution in [1.82, 2.24) is 14.6 Å². The van der Waals surface area contributed by atoms with E-state index in [1.54, 1.807) is 22.7 Å². The van der Waals surface area contributed by atoms with Crippen LogP contribution < -0.4 is 15.2 Å². The molecule has 1 fully saturated rings. The third kappa shape index (κ3) is 16.5. The zero-order valence-electron chi connectivity index (χ0n) is 33.5. The topological polar surface area (TPSA) is 156 Å². The van der Waals surface area contributed by atoms with Crippen LogP contribution in [0.3, 0.4) is 0 Å². The lowest BCUT2D eigenvalue weighted by molar-refractivity contribution is 0.00194. The van der Waals surface area contributed by atoms with Crippen molar-refractivity contribution in [3.8, 4) is 17.6 Å². The molecule has 0 aliphatic carbocycles. The van der Waals surface area contributed by atoms with Gasteiger partial charge in [-0.3, -0.25) is 0 Å². The second kappa shape index (κ2) is 26.0. The average Bonchev–Trinajstić information content (AvgIpc) is 3.83. The van der Waals surface area contributed by atoms with E-state index in [1.807, 2.05) is 26.0 Å². The van der Waals surface area contributed by atoms with Crippen LogP contribution in [0.1, 0.15) is 154 Å². The first-order valence-corrected chi connectivity index (χ1v) is 21.9. The lowest BCUT2D eigenvalue weighted by Crippen LogP contribution is -2.28. The number of unbranched alkanes of at least 4 members (excludes halogenated alkanes) is 15. The molecule has 1 aliphatic heterocycles. The minimum absolute atomic E-state index is 0.0486. The largest absolute Gasteiger partial charge is 0.489 e. The van der Waals surface area contributed by atoms with Gasteiger partial charge in [-0.15, -0.1) is 0 Å². The number of fused-ring (bicyclic) bond motifs is 1. The molecule has 0 amide bonds. The van der Waals surface area contributed by atoms with Gasteiger partial charge in [-0.25, -0.2) is 9.50 Å². The normalized spacial score (nSPS) is 16.8. The molecule has 13 heteroatoms. The SMILES string of the molecule is CCCCCCCCCCCCCCCCCCOCC(COP(O)OCC1CCC(c2ccc3c(N)ncnn23)O1)Oc1ccc(C#N)c(OC(C)C)c1. The van der Waals surface area contributed by atoms with E-state index in [1.165, 1.54) is 96.2 Å². The van der Waals surface area contributed by atoms with Gasteiger partial charge in [0, 0.05) is 12.7 Å². The fourth-order valence-corrected chi connectivity index (χ4v) is 7.55. The second-order valence-electron chi connectivity index (χ2n) is 14.9. The van der Waals surface area contributed by atoms with E-state index in [0.717, 1.165) is 36.9 Å². The predicted octanol–water partition coefficient (Wildman–Crippen LogP) is 10.2. The van der Waals surface area contributed by atoms with Crippen LogP contribution in [-0.4, -0.2) is 64.2 Å². The molecule has 4 atom stereocenters. The van der Waals surface area contributed by atoms with Gasteiger partial charge in [0.25, 0.3) is 0 Å². The van der Waals surface area contributed by atoms with Crippen molar-refractivity contribution in [1.29, 1.82) is 5.26 Å². The van der Waals surface area contributed by atoms with Crippen molar-refractivity contribution in [3.63, 3.8) is 0 Å². The van der Waals surface area contributed by atoms with Crippen LogP contribution in [0.2, 0.25) is 0 Å². The van der Waals surface area contributed by atoms with E-state index in [9.17, 15) is 10.2 Å². The lowest BCUT2D eigenvalue weighted by atomic mass is 10.0. The quantitative estimate of drug-likeness (QED) is 0.0490. The fraction of sp³-hybridized carbons (Fsp3) is 0.690. The molecule has 2 aromatic heterocycles. The number of aromatic nitrogens is 3. The number of nitrogen functional groups attached to an aromatic ring is 1. The van der Waals surface area contributed by atoms with E-state index in [4.69, 9.17) is 33.7 Å². The first-order chi connectivity index (χ1) is 26.9. The Kier molecular flexibility index (Phi) is 21.1. The molecule has 0 spiro atoms. The van der Waals surface area contributed by atoms with Crippen LogP contribution in [0, 0.1) is 11.3 Å². The number of rotatable bonds is 30. The van der Waals surface area contributed by atoms with Crippen molar-refractivity contribution < 1.29 is 32.9 Å². The summed E-state index contributed by atoms with van der Waals surface area (Å²) in [6, 6.07) is 11.1. The molecule has 0 bridgehead atoms. The number of ether oxygens (including phenoxy) is 4. The van der Waals surface area contributed by atoms with Gasteiger partial charge in [0.15, 0.2) is 5.82 Å². The minimum atomic E-state index is -2.19. The molecular weight excluding hydrogens is 717 g/mol. The van der Waals surface area contributed by atoms with Crippen LogP contribution >= 0.6 is 8.60 Å². The van der Waals surface area contributed by atoms with E-state index in [2.05, 4.69) is 23.1 Å². The summed E-state index contributed by atoms with van der Waals surface area (Å²) < 4.78 is 37.6. The molecule has 12 nitrogen and oxygen atoms in total. The third-order valence-electron chi connectivity index (χ3n) is 9.88. The van der Waals surface area contributed by atoms with Crippen LogP contribution in [-0.2, 0) is 18.5 Å². The van der Waals surface area contributed by atoms with Crippen molar-refractivity contribution in [2.45, 2.75) is 161 Å². The predicted molar refractivity (Wildman–Crippen MR) is 217 cm³/mol.